The van der Waals surface area contributed by atoms with Crippen LogP contribution in [-0.4, -0.2) is 89.5 Å². The molecule has 4 rings (SSSR count). The first kappa shape index (κ1) is 48.6. The number of rotatable bonds is 11. The van der Waals surface area contributed by atoms with Gasteiger partial charge in [0.1, 0.15) is 6.04 Å². The summed E-state index contributed by atoms with van der Waals surface area (Å²) < 4.78 is 64.2. The quantitative estimate of drug-likeness (QED) is 0.0319. The monoisotopic (exact) mass is 861 g/mol. The van der Waals surface area contributed by atoms with Crippen LogP contribution >= 0.6 is 0 Å². The molecular formula is C38H48AsN3O11S2. The number of carbonyl (C=O) groups excluding carboxylic acids is 2. The molecule has 0 aromatic heterocycles. The largest absolute Gasteiger partial charge is 0.412 e. The smallest absolute Gasteiger partial charge is 0.294 e. The van der Waals surface area contributed by atoms with Crippen LogP contribution in [0.4, 0.5) is 0 Å². The third kappa shape index (κ3) is 18.2. The van der Waals surface area contributed by atoms with Gasteiger partial charge in [0.2, 0.25) is 0 Å². The fourth-order valence-electron chi connectivity index (χ4n) is 4.25. The number of ether oxygens (including phenoxy) is 1. The first-order valence-electron chi connectivity index (χ1n) is 16.3. The zero-order chi connectivity index (χ0) is 40.5. The summed E-state index contributed by atoms with van der Waals surface area (Å²) in [6.07, 6.45) is 0. The Morgan fingerprint density at radius 2 is 1.20 bits per heavy atom. The van der Waals surface area contributed by atoms with Crippen LogP contribution in [0.2, 0.25) is 5.21 Å². The molecule has 0 fully saturated rings. The van der Waals surface area contributed by atoms with Crippen molar-refractivity contribution >= 4 is 47.8 Å². The molecule has 0 aliphatic carbocycles. The molecule has 14 nitrogen and oxygen atoms in total. The van der Waals surface area contributed by atoms with Crippen LogP contribution < -0.4 is 16.5 Å². The summed E-state index contributed by atoms with van der Waals surface area (Å²) in [5, 5.41) is 13.8. The number of hydrogen-bond acceptors (Lipinski definition) is 9. The molecule has 9 N–H and O–H groups in total. The van der Waals surface area contributed by atoms with E-state index in [4.69, 9.17) is 24.8 Å². The van der Waals surface area contributed by atoms with Crippen LogP contribution in [-0.2, 0) is 35.0 Å². The summed E-state index contributed by atoms with van der Waals surface area (Å²) in [7, 11) is -6.30. The maximum atomic E-state index is 12.5. The van der Waals surface area contributed by atoms with E-state index in [0.717, 1.165) is 34.1 Å². The normalized spacial score (nSPS) is 11.7. The van der Waals surface area contributed by atoms with E-state index in [1.165, 1.54) is 40.5 Å². The minimum absolute atomic E-state index is 0. The van der Waals surface area contributed by atoms with Crippen molar-refractivity contribution < 1.29 is 51.0 Å². The number of nitrogens with one attached hydrogen (secondary N) is 2. The zero-order valence-corrected chi connectivity index (χ0v) is 34.8. The molecule has 4 aromatic carbocycles. The fraction of sp³-hybridized carbons (Fsp3) is 0.263. The molecule has 0 saturated carbocycles. The van der Waals surface area contributed by atoms with E-state index in [9.17, 15) is 26.4 Å². The third-order valence-corrected chi connectivity index (χ3v) is 11.6. The van der Waals surface area contributed by atoms with Crippen molar-refractivity contribution in [1.82, 2.24) is 10.8 Å². The number of nitrogens with two attached hydrogens (primary N) is 1. The van der Waals surface area contributed by atoms with E-state index in [1.54, 1.807) is 69.5 Å². The van der Waals surface area contributed by atoms with Gasteiger partial charge in [0.15, 0.2) is 0 Å². The van der Waals surface area contributed by atoms with Crippen molar-refractivity contribution in [1.29, 1.82) is 0 Å². The summed E-state index contributed by atoms with van der Waals surface area (Å²) in [5.41, 5.74) is 11.7. The molecule has 17 heteroatoms. The molecule has 0 spiro atoms. The summed E-state index contributed by atoms with van der Waals surface area (Å²) in [4.78, 5) is 24.2. The molecule has 55 heavy (non-hydrogen) atoms. The average Bonchev–Trinajstić information content (AvgIpc) is 3.11. The van der Waals surface area contributed by atoms with E-state index in [-0.39, 0.29) is 31.0 Å². The summed E-state index contributed by atoms with van der Waals surface area (Å²) in [5.74, 6) is 4.97. The Labute approximate surface area is 329 Å². The predicted molar refractivity (Wildman–Crippen MR) is 211 cm³/mol. The van der Waals surface area contributed by atoms with Crippen molar-refractivity contribution in [3.8, 4) is 11.8 Å². The number of aryl methyl sites for hydroxylation is 2. The minimum atomic E-state index is -4.02. The number of amides is 2. The Hall–Kier alpha value is -4.40. The van der Waals surface area contributed by atoms with Crippen LogP contribution in [0.15, 0.2) is 107 Å². The van der Waals surface area contributed by atoms with Crippen molar-refractivity contribution in [2.75, 3.05) is 13.7 Å². The van der Waals surface area contributed by atoms with E-state index in [2.05, 4.69) is 29.3 Å². The molecule has 0 saturated heterocycles. The van der Waals surface area contributed by atoms with Gasteiger partial charge in [-0.2, -0.15) is 16.8 Å². The van der Waals surface area contributed by atoms with E-state index >= 15 is 0 Å². The second-order valence-electron chi connectivity index (χ2n) is 12.5. The Balaban J connectivity index is 0.000000532. The van der Waals surface area contributed by atoms with Gasteiger partial charge >= 0.3 is 133 Å². The van der Waals surface area contributed by atoms with E-state index in [0.29, 0.717) is 5.56 Å². The summed E-state index contributed by atoms with van der Waals surface area (Å²) in [6, 6.07) is 25.9. The molecule has 0 bridgehead atoms. The van der Waals surface area contributed by atoms with Gasteiger partial charge in [-0.25, -0.2) is 5.48 Å². The number of carbonyl (C=O) groups is 2. The molecule has 4 aromatic rings. The number of methoxy groups -OCH3 is 1. The molecule has 0 heterocycles. The molecule has 0 aliphatic heterocycles. The number of hydroxylamine groups is 1. The van der Waals surface area contributed by atoms with Crippen molar-refractivity contribution in [2.24, 2.45) is 5.73 Å². The van der Waals surface area contributed by atoms with Gasteiger partial charge in [0.05, 0.1) is 9.79 Å². The SMILES string of the molecule is COCC[AsH]Cc1ccc(C#Cc2ccc(C(=O)N[C@H](C(=O)NO)C(C)(C)N)cc2)cc1.Cc1ccc(S(=O)(=O)O)cc1.Cc1ccc(S(=O)(=O)O)cc1.O. The molecule has 2 amide bonds. The Kier molecular flexibility index (Phi) is 20.2. The van der Waals surface area contributed by atoms with Crippen molar-refractivity contribution in [3.63, 3.8) is 0 Å². The summed E-state index contributed by atoms with van der Waals surface area (Å²) >= 11 is -0.00879. The molecule has 0 aliphatic rings. The van der Waals surface area contributed by atoms with Crippen molar-refractivity contribution in [3.05, 3.63) is 130 Å². The molecule has 298 valence electrons. The van der Waals surface area contributed by atoms with Gasteiger partial charge in [-0.1, -0.05) is 35.4 Å². The second kappa shape index (κ2) is 22.9. The van der Waals surface area contributed by atoms with Gasteiger partial charge in [0, 0.05) is 5.54 Å². The third-order valence-electron chi connectivity index (χ3n) is 7.29. The second-order valence-corrected chi connectivity index (χ2v) is 18.2. The van der Waals surface area contributed by atoms with Gasteiger partial charge in [-0.15, -0.1) is 0 Å². The van der Waals surface area contributed by atoms with Crippen LogP contribution in [0, 0.1) is 25.7 Å². The predicted octanol–water partition coefficient (Wildman–Crippen LogP) is 3.09. The van der Waals surface area contributed by atoms with Crippen molar-refractivity contribution in [2.45, 2.75) is 59.5 Å². The van der Waals surface area contributed by atoms with Crippen LogP contribution in [0.1, 0.15) is 52.0 Å². The standard InChI is InChI=1S/C24H30AsN3O4.2C7H8O3S.H2O/c1-24(2,26)21(23(30)28-31)27-22(29)20-12-10-18(11-13-20)5-4-17-6-8-19(9-7-17)16-25-14-15-32-3;2*1-6-2-4-7(5-3-6)11(8,9)10;/h6-13,21,25,31H,14-16,26H2,1-3H3,(H,27,29)(H,28,30);2*2-5H,1H3,(H,8,9,10);1H2/t21-;;;/m1.../s1. The van der Waals surface area contributed by atoms with E-state index in [1.807, 2.05) is 26.0 Å². The Morgan fingerprint density at radius 3 is 1.56 bits per heavy atom. The molecule has 1 unspecified atom stereocenters. The average molecular weight is 862 g/mol. The maximum absolute atomic E-state index is 12.5. The van der Waals surface area contributed by atoms with Crippen LogP contribution in [0.5, 0.6) is 0 Å². The van der Waals surface area contributed by atoms with Gasteiger partial charge in [0.25, 0.3) is 26.1 Å². The first-order chi connectivity index (χ1) is 25.2. The topological polar surface area (TPSA) is 254 Å². The Morgan fingerprint density at radius 1 is 0.782 bits per heavy atom. The minimum Gasteiger partial charge on any atom is -0.412 e. The molecule has 2 atom stereocenters. The number of hydrogen-bond donors (Lipinski definition) is 6. The van der Waals surface area contributed by atoms with Crippen LogP contribution in [0.25, 0.3) is 0 Å². The van der Waals surface area contributed by atoms with Crippen LogP contribution in [0.3, 0.4) is 0 Å². The Bertz CT molecular complexity index is 2020. The molecule has 0 radical (unpaired) electrons. The maximum Gasteiger partial charge on any atom is 0.294 e. The zero-order valence-electron chi connectivity index (χ0n) is 31.0. The first-order valence-corrected chi connectivity index (χ1v) is 22.1. The number of benzene rings is 4. The summed E-state index contributed by atoms with van der Waals surface area (Å²) in [6.45, 7) is 7.69. The molecular weight excluding hydrogens is 813 g/mol. The fourth-order valence-corrected chi connectivity index (χ4v) is 7.41. The van der Waals surface area contributed by atoms with E-state index < -0.39 is 43.6 Å². The van der Waals surface area contributed by atoms with Gasteiger partial charge in [-0.3, -0.25) is 23.9 Å². The van der Waals surface area contributed by atoms with Gasteiger partial charge < -0.3 is 16.5 Å². The van der Waals surface area contributed by atoms with Gasteiger partial charge in [-0.05, 0) is 52.0 Å².